The van der Waals surface area contributed by atoms with E-state index in [0.717, 1.165) is 39.8 Å². The number of hydrogen-bond acceptors (Lipinski definition) is 4. The third kappa shape index (κ3) is 2.41. The summed E-state index contributed by atoms with van der Waals surface area (Å²) in [5.41, 5.74) is 0.963. The van der Waals surface area contributed by atoms with E-state index in [1.165, 1.54) is 0 Å². The standard InChI is InChI=1S/C12H14N2OS2/c15-17(8-9-5-6-13-7-9)12-14-10-3-1-2-4-11(10)16-12/h1-4,9,13H,5-8H2/t9-,17-/m1/s1. The number of fused-ring (bicyclic) bond motifs is 1. The summed E-state index contributed by atoms with van der Waals surface area (Å²) in [5, 5.41) is 3.30. The predicted octanol–water partition coefficient (Wildman–Crippen LogP) is 2.01. The van der Waals surface area contributed by atoms with Crippen molar-refractivity contribution in [1.29, 1.82) is 0 Å². The van der Waals surface area contributed by atoms with Crippen molar-refractivity contribution in [3.8, 4) is 0 Å². The quantitative estimate of drug-likeness (QED) is 0.924. The first-order chi connectivity index (χ1) is 8.33. The van der Waals surface area contributed by atoms with Gasteiger partial charge in [0.2, 0.25) is 0 Å². The molecule has 0 radical (unpaired) electrons. The highest BCUT2D eigenvalue weighted by molar-refractivity contribution is 7.87. The average Bonchev–Trinajstić information content (AvgIpc) is 2.96. The highest BCUT2D eigenvalue weighted by Crippen LogP contribution is 2.25. The molecule has 1 fully saturated rings. The van der Waals surface area contributed by atoms with Crippen LogP contribution in [0.3, 0.4) is 0 Å². The molecule has 1 N–H and O–H groups in total. The van der Waals surface area contributed by atoms with Gasteiger partial charge in [-0.3, -0.25) is 4.21 Å². The summed E-state index contributed by atoms with van der Waals surface area (Å²) >= 11 is 1.56. The molecule has 90 valence electrons. The van der Waals surface area contributed by atoms with Gasteiger partial charge >= 0.3 is 0 Å². The van der Waals surface area contributed by atoms with Crippen molar-refractivity contribution < 1.29 is 4.21 Å². The number of hydrogen-bond donors (Lipinski definition) is 1. The van der Waals surface area contributed by atoms with Gasteiger partial charge in [-0.2, -0.15) is 0 Å². The minimum Gasteiger partial charge on any atom is -0.316 e. The minimum atomic E-state index is -0.938. The molecule has 2 aromatic rings. The van der Waals surface area contributed by atoms with Gasteiger partial charge in [0.15, 0.2) is 4.34 Å². The van der Waals surface area contributed by atoms with Gasteiger partial charge in [-0.25, -0.2) is 4.98 Å². The van der Waals surface area contributed by atoms with Gasteiger partial charge in [-0.05, 0) is 37.6 Å². The van der Waals surface area contributed by atoms with Crippen molar-refractivity contribution in [2.24, 2.45) is 5.92 Å². The van der Waals surface area contributed by atoms with Crippen LogP contribution in [0.1, 0.15) is 6.42 Å². The van der Waals surface area contributed by atoms with Crippen LogP contribution in [0.4, 0.5) is 0 Å². The first-order valence-corrected chi connectivity index (χ1v) is 7.91. The van der Waals surface area contributed by atoms with Crippen LogP contribution >= 0.6 is 11.3 Å². The summed E-state index contributed by atoms with van der Waals surface area (Å²) in [5.74, 6) is 1.29. The Morgan fingerprint density at radius 2 is 2.35 bits per heavy atom. The molecule has 0 bridgehead atoms. The van der Waals surface area contributed by atoms with Crippen LogP contribution in [-0.4, -0.2) is 28.0 Å². The number of aromatic nitrogens is 1. The monoisotopic (exact) mass is 266 g/mol. The lowest BCUT2D eigenvalue weighted by atomic mass is 10.2. The summed E-state index contributed by atoms with van der Waals surface area (Å²) in [6, 6.07) is 7.97. The van der Waals surface area contributed by atoms with Crippen LogP contribution in [0, 0.1) is 5.92 Å². The van der Waals surface area contributed by atoms with Crippen LogP contribution in [0.5, 0.6) is 0 Å². The van der Waals surface area contributed by atoms with E-state index < -0.39 is 10.8 Å². The molecular weight excluding hydrogens is 252 g/mol. The summed E-state index contributed by atoms with van der Waals surface area (Å²) in [6.07, 6.45) is 1.14. The largest absolute Gasteiger partial charge is 0.316 e. The Morgan fingerprint density at radius 1 is 1.47 bits per heavy atom. The maximum absolute atomic E-state index is 12.2. The normalized spacial score (nSPS) is 22.0. The van der Waals surface area contributed by atoms with Crippen molar-refractivity contribution in [3.05, 3.63) is 24.3 Å². The molecule has 1 aliphatic heterocycles. The molecule has 1 aromatic heterocycles. The third-order valence-corrected chi connectivity index (χ3v) is 5.91. The van der Waals surface area contributed by atoms with Gasteiger partial charge in [0.25, 0.3) is 0 Å². The lowest BCUT2D eigenvalue weighted by molar-refractivity contribution is 0.632. The van der Waals surface area contributed by atoms with E-state index in [4.69, 9.17) is 0 Å². The topological polar surface area (TPSA) is 42.0 Å². The van der Waals surface area contributed by atoms with E-state index in [0.29, 0.717) is 5.92 Å². The first-order valence-electron chi connectivity index (χ1n) is 5.77. The molecule has 3 rings (SSSR count). The van der Waals surface area contributed by atoms with Crippen molar-refractivity contribution in [2.75, 3.05) is 18.8 Å². The van der Waals surface area contributed by atoms with Crippen LogP contribution in [0.2, 0.25) is 0 Å². The molecule has 17 heavy (non-hydrogen) atoms. The van der Waals surface area contributed by atoms with Crippen molar-refractivity contribution in [2.45, 2.75) is 10.8 Å². The highest BCUT2D eigenvalue weighted by atomic mass is 32.2. The summed E-state index contributed by atoms with van der Waals surface area (Å²) in [4.78, 5) is 4.45. The van der Waals surface area contributed by atoms with Crippen LogP contribution < -0.4 is 5.32 Å². The molecular formula is C12H14N2OS2. The maximum atomic E-state index is 12.2. The van der Waals surface area contributed by atoms with E-state index >= 15 is 0 Å². The second kappa shape index (κ2) is 4.84. The average molecular weight is 266 g/mol. The van der Waals surface area contributed by atoms with Gasteiger partial charge in [0.05, 0.1) is 21.0 Å². The molecule has 1 saturated heterocycles. The predicted molar refractivity (Wildman–Crippen MR) is 71.9 cm³/mol. The van der Waals surface area contributed by atoms with E-state index in [1.54, 1.807) is 11.3 Å². The molecule has 0 spiro atoms. The molecule has 1 aliphatic rings. The summed E-state index contributed by atoms with van der Waals surface area (Å²) < 4.78 is 14.1. The second-order valence-corrected chi connectivity index (χ2v) is 7.02. The molecule has 1 aromatic carbocycles. The zero-order valence-corrected chi connectivity index (χ0v) is 11.0. The highest BCUT2D eigenvalue weighted by Gasteiger charge is 2.20. The SMILES string of the molecule is O=[S@](C[C@@H]1CCNC1)c1nc2ccccc2s1. The molecule has 0 saturated carbocycles. The molecule has 3 nitrogen and oxygen atoms in total. The molecule has 0 aliphatic carbocycles. The van der Waals surface area contributed by atoms with E-state index in [1.807, 2.05) is 24.3 Å². The lowest BCUT2D eigenvalue weighted by Gasteiger charge is -2.04. The first kappa shape index (κ1) is 11.3. The summed E-state index contributed by atoms with van der Waals surface area (Å²) in [7, 11) is -0.938. The van der Waals surface area contributed by atoms with Gasteiger partial charge < -0.3 is 5.32 Å². The fraction of sp³-hybridized carbons (Fsp3) is 0.417. The lowest BCUT2D eigenvalue weighted by Crippen LogP contribution is -2.14. The fourth-order valence-electron chi connectivity index (χ4n) is 2.09. The number of nitrogens with zero attached hydrogens (tertiary/aromatic N) is 1. The number of benzene rings is 1. The Hall–Kier alpha value is -0.780. The van der Waals surface area contributed by atoms with Gasteiger partial charge in [-0.15, -0.1) is 11.3 Å². The molecule has 0 amide bonds. The summed E-state index contributed by atoms with van der Waals surface area (Å²) in [6.45, 7) is 2.05. The third-order valence-electron chi connectivity index (χ3n) is 3.02. The van der Waals surface area contributed by atoms with Crippen LogP contribution in [-0.2, 0) is 10.8 Å². The van der Waals surface area contributed by atoms with Crippen molar-refractivity contribution in [1.82, 2.24) is 10.3 Å². The minimum absolute atomic E-state index is 0.544. The van der Waals surface area contributed by atoms with E-state index in [-0.39, 0.29) is 0 Å². The number of para-hydroxylation sites is 1. The number of nitrogens with one attached hydrogen (secondary N) is 1. The van der Waals surface area contributed by atoms with Crippen molar-refractivity contribution >= 4 is 32.4 Å². The second-order valence-electron chi connectivity index (χ2n) is 4.32. The zero-order valence-electron chi connectivity index (χ0n) is 9.39. The van der Waals surface area contributed by atoms with Gasteiger partial charge in [-0.1, -0.05) is 12.1 Å². The maximum Gasteiger partial charge on any atom is 0.181 e. The molecule has 2 heterocycles. The van der Waals surface area contributed by atoms with Crippen LogP contribution in [0.15, 0.2) is 28.6 Å². The number of thiazole rings is 1. The molecule has 0 unspecified atom stereocenters. The van der Waals surface area contributed by atoms with E-state index in [2.05, 4.69) is 10.3 Å². The van der Waals surface area contributed by atoms with Crippen molar-refractivity contribution in [3.63, 3.8) is 0 Å². The van der Waals surface area contributed by atoms with Gasteiger partial charge in [0.1, 0.15) is 0 Å². The Labute approximate surface area is 107 Å². The van der Waals surface area contributed by atoms with E-state index in [9.17, 15) is 4.21 Å². The molecule has 2 atom stereocenters. The molecule has 5 heteroatoms. The Morgan fingerprint density at radius 3 is 3.12 bits per heavy atom. The zero-order chi connectivity index (χ0) is 11.7. The van der Waals surface area contributed by atoms with Crippen LogP contribution in [0.25, 0.3) is 10.2 Å². The smallest absolute Gasteiger partial charge is 0.181 e. The van der Waals surface area contributed by atoms with Gasteiger partial charge in [0, 0.05) is 5.75 Å². The fourth-order valence-corrected chi connectivity index (χ4v) is 4.69. The Bertz CT molecular complexity index is 513. The number of rotatable bonds is 3. The Balaban J connectivity index is 1.80. The Kier molecular flexibility index (Phi) is 3.22.